The molecule has 0 N–H and O–H groups in total. The Morgan fingerprint density at radius 1 is 0.667 bits per heavy atom. The molecule has 2 fully saturated rings. The minimum Gasteiger partial charge on any atom is -0.375 e. The second-order valence-corrected chi connectivity index (χ2v) is 11.8. The van der Waals surface area contributed by atoms with Gasteiger partial charge >= 0.3 is 0 Å². The molecule has 3 heteroatoms. The van der Waals surface area contributed by atoms with Crippen molar-refractivity contribution in [1.29, 1.82) is 0 Å². The van der Waals surface area contributed by atoms with Crippen molar-refractivity contribution in [1.82, 2.24) is 0 Å². The predicted molar refractivity (Wildman–Crippen MR) is 127 cm³/mol. The summed E-state index contributed by atoms with van der Waals surface area (Å²) < 4.78 is 18.8. The molecule has 0 aromatic rings. The number of ether oxygens (including phenoxy) is 3. The van der Waals surface area contributed by atoms with Gasteiger partial charge in [-0.25, -0.2) is 0 Å². The molecule has 2 unspecified atom stereocenters. The average molecular weight is 425 g/mol. The van der Waals surface area contributed by atoms with E-state index in [-0.39, 0.29) is 11.4 Å². The van der Waals surface area contributed by atoms with Gasteiger partial charge < -0.3 is 14.2 Å². The van der Waals surface area contributed by atoms with E-state index >= 15 is 0 Å². The average Bonchev–Trinajstić information content (AvgIpc) is 3.30. The summed E-state index contributed by atoms with van der Waals surface area (Å²) in [7, 11) is 0. The summed E-state index contributed by atoms with van der Waals surface area (Å²) in [6.07, 6.45) is 12.1. The first-order valence-corrected chi connectivity index (χ1v) is 13.1. The number of hydrogen-bond acceptors (Lipinski definition) is 3. The van der Waals surface area contributed by atoms with E-state index in [0.29, 0.717) is 11.8 Å². The molecule has 2 saturated heterocycles. The van der Waals surface area contributed by atoms with Gasteiger partial charge in [0.15, 0.2) is 5.79 Å². The van der Waals surface area contributed by atoms with Crippen molar-refractivity contribution in [2.24, 2.45) is 29.6 Å². The van der Waals surface area contributed by atoms with Gasteiger partial charge in [0, 0.05) is 12.8 Å². The third kappa shape index (κ3) is 8.79. The molecule has 0 aromatic heterocycles. The second-order valence-electron chi connectivity index (χ2n) is 11.8. The van der Waals surface area contributed by atoms with Crippen LogP contribution in [0.1, 0.15) is 113 Å². The molecule has 2 rings (SSSR count). The molecule has 178 valence electrons. The van der Waals surface area contributed by atoms with Gasteiger partial charge in [0.2, 0.25) is 0 Å². The lowest BCUT2D eigenvalue weighted by Crippen LogP contribution is -2.31. The van der Waals surface area contributed by atoms with Crippen molar-refractivity contribution in [3.8, 4) is 0 Å². The van der Waals surface area contributed by atoms with Gasteiger partial charge in [-0.15, -0.1) is 0 Å². The molecule has 30 heavy (non-hydrogen) atoms. The Bertz CT molecular complexity index is 453. The van der Waals surface area contributed by atoms with E-state index in [1.807, 2.05) is 0 Å². The van der Waals surface area contributed by atoms with E-state index in [4.69, 9.17) is 14.2 Å². The maximum Gasteiger partial charge on any atom is 0.168 e. The van der Waals surface area contributed by atoms with E-state index < -0.39 is 0 Å². The molecule has 2 heterocycles. The van der Waals surface area contributed by atoms with Gasteiger partial charge in [-0.2, -0.15) is 0 Å². The molecule has 2 aliphatic heterocycles. The lowest BCUT2D eigenvalue weighted by molar-refractivity contribution is -0.171. The predicted octanol–water partition coefficient (Wildman–Crippen LogP) is 7.62. The summed E-state index contributed by atoms with van der Waals surface area (Å²) in [6, 6.07) is 0. The van der Waals surface area contributed by atoms with Crippen LogP contribution in [0.2, 0.25) is 0 Å². The fourth-order valence-electron chi connectivity index (χ4n) is 5.24. The Labute approximate surface area is 188 Å². The molecular formula is C27H52O3. The van der Waals surface area contributed by atoms with E-state index in [0.717, 1.165) is 50.4 Å². The number of rotatable bonds is 14. The largest absolute Gasteiger partial charge is 0.375 e. The highest BCUT2D eigenvalue weighted by atomic mass is 16.7. The zero-order valence-corrected chi connectivity index (χ0v) is 21.3. The second kappa shape index (κ2) is 12.2. The summed E-state index contributed by atoms with van der Waals surface area (Å²) in [4.78, 5) is 0. The fourth-order valence-corrected chi connectivity index (χ4v) is 5.24. The third-order valence-corrected chi connectivity index (χ3v) is 7.31. The summed E-state index contributed by atoms with van der Waals surface area (Å²) in [5, 5.41) is 0. The van der Waals surface area contributed by atoms with Crippen LogP contribution in [0.3, 0.4) is 0 Å². The van der Waals surface area contributed by atoms with Crippen molar-refractivity contribution < 1.29 is 14.2 Å². The normalized spacial score (nSPS) is 24.4. The SMILES string of the molecule is CC(C)CCC1(CCC(C)C)CC(CC(C)CCC2(CCC(C)C)OCCO2)CO1. The van der Waals surface area contributed by atoms with E-state index in [1.165, 1.54) is 51.4 Å². The van der Waals surface area contributed by atoms with Crippen molar-refractivity contribution in [3.63, 3.8) is 0 Å². The van der Waals surface area contributed by atoms with Crippen LogP contribution in [-0.2, 0) is 14.2 Å². The minimum absolute atomic E-state index is 0.148. The molecule has 0 radical (unpaired) electrons. The van der Waals surface area contributed by atoms with E-state index in [2.05, 4.69) is 48.5 Å². The Morgan fingerprint density at radius 3 is 1.70 bits per heavy atom. The highest BCUT2D eigenvalue weighted by Crippen LogP contribution is 2.42. The smallest absolute Gasteiger partial charge is 0.168 e. The molecule has 0 saturated carbocycles. The highest BCUT2D eigenvalue weighted by Gasteiger charge is 2.41. The van der Waals surface area contributed by atoms with Gasteiger partial charge in [-0.3, -0.25) is 0 Å². The lowest BCUT2D eigenvalue weighted by Gasteiger charge is -2.31. The van der Waals surface area contributed by atoms with Gasteiger partial charge in [0.05, 0.1) is 25.4 Å². The first kappa shape index (κ1) is 26.1. The van der Waals surface area contributed by atoms with Crippen LogP contribution in [0, 0.1) is 29.6 Å². The summed E-state index contributed by atoms with van der Waals surface area (Å²) in [6.45, 7) is 18.8. The molecule has 2 aliphatic rings. The van der Waals surface area contributed by atoms with E-state index in [9.17, 15) is 0 Å². The standard InChI is InChI=1S/C27H52O3/c1-21(2)8-12-26(13-9-22(3)4)19-25(20-30-26)18-24(7)11-15-27(14-10-23(5)6)28-16-17-29-27/h21-25H,8-20H2,1-7H3. The Hall–Kier alpha value is -0.120. The maximum atomic E-state index is 6.57. The van der Waals surface area contributed by atoms with E-state index in [1.54, 1.807) is 0 Å². The van der Waals surface area contributed by atoms with Crippen molar-refractivity contribution in [2.45, 2.75) is 124 Å². The first-order chi connectivity index (χ1) is 14.1. The topological polar surface area (TPSA) is 27.7 Å². The molecule has 0 aliphatic carbocycles. The van der Waals surface area contributed by atoms with Crippen LogP contribution >= 0.6 is 0 Å². The monoisotopic (exact) mass is 424 g/mol. The Balaban J connectivity index is 1.83. The van der Waals surface area contributed by atoms with Gasteiger partial charge in [0.25, 0.3) is 0 Å². The molecular weight excluding hydrogens is 372 g/mol. The molecule has 0 amide bonds. The molecule has 0 spiro atoms. The Kier molecular flexibility index (Phi) is 10.6. The van der Waals surface area contributed by atoms with Crippen LogP contribution in [0.4, 0.5) is 0 Å². The van der Waals surface area contributed by atoms with Gasteiger partial charge in [-0.05, 0) is 81.0 Å². The zero-order valence-electron chi connectivity index (χ0n) is 21.3. The quantitative estimate of drug-likeness (QED) is 0.287. The minimum atomic E-state index is -0.303. The van der Waals surface area contributed by atoms with Crippen LogP contribution in [0.25, 0.3) is 0 Å². The van der Waals surface area contributed by atoms with Gasteiger partial charge in [-0.1, -0.05) is 48.5 Å². The molecule has 3 nitrogen and oxygen atoms in total. The molecule has 2 atom stereocenters. The van der Waals surface area contributed by atoms with Crippen LogP contribution in [0.5, 0.6) is 0 Å². The molecule has 0 aromatic carbocycles. The Morgan fingerprint density at radius 2 is 1.17 bits per heavy atom. The maximum absolute atomic E-state index is 6.57. The first-order valence-electron chi connectivity index (χ1n) is 13.1. The summed E-state index contributed by atoms with van der Waals surface area (Å²) >= 11 is 0. The fraction of sp³-hybridized carbons (Fsp3) is 1.00. The van der Waals surface area contributed by atoms with Crippen molar-refractivity contribution in [2.75, 3.05) is 19.8 Å². The lowest BCUT2D eigenvalue weighted by atomic mass is 9.80. The number of hydrogen-bond donors (Lipinski definition) is 0. The van der Waals surface area contributed by atoms with Crippen molar-refractivity contribution in [3.05, 3.63) is 0 Å². The third-order valence-electron chi connectivity index (χ3n) is 7.31. The van der Waals surface area contributed by atoms with Gasteiger partial charge in [0.1, 0.15) is 0 Å². The van der Waals surface area contributed by atoms with Crippen molar-refractivity contribution >= 4 is 0 Å². The molecule has 0 bridgehead atoms. The highest BCUT2D eigenvalue weighted by molar-refractivity contribution is 4.90. The van der Waals surface area contributed by atoms with Crippen LogP contribution < -0.4 is 0 Å². The van der Waals surface area contributed by atoms with Crippen LogP contribution in [-0.4, -0.2) is 31.2 Å². The zero-order chi connectivity index (χ0) is 22.2. The van der Waals surface area contributed by atoms with Crippen LogP contribution in [0.15, 0.2) is 0 Å². The summed E-state index contributed by atoms with van der Waals surface area (Å²) in [5.74, 6) is 3.34. The summed E-state index contributed by atoms with van der Waals surface area (Å²) in [5.41, 5.74) is 0.148.